The zero-order valence-electron chi connectivity index (χ0n) is 14.5. The summed E-state index contributed by atoms with van der Waals surface area (Å²) >= 11 is 0. The molecule has 5 heteroatoms. The van der Waals surface area contributed by atoms with E-state index in [1.54, 1.807) is 12.1 Å². The van der Waals surface area contributed by atoms with Crippen molar-refractivity contribution in [3.8, 4) is 11.5 Å². The Morgan fingerprint density at radius 3 is 2.58 bits per heavy atom. The smallest absolute Gasteiger partial charge is 0.257 e. The van der Waals surface area contributed by atoms with Gasteiger partial charge < -0.3 is 9.73 Å². The number of pyridine rings is 2. The Bertz CT molecular complexity index is 1120. The van der Waals surface area contributed by atoms with Crippen molar-refractivity contribution in [2.24, 2.45) is 0 Å². The zero-order valence-corrected chi connectivity index (χ0v) is 14.5. The number of anilines is 1. The van der Waals surface area contributed by atoms with Gasteiger partial charge in [-0.2, -0.15) is 0 Å². The maximum atomic E-state index is 12.9. The number of aromatic nitrogens is 2. The average Bonchev–Trinajstić information content (AvgIpc) is 3.07. The van der Waals surface area contributed by atoms with Crippen LogP contribution in [0.25, 0.3) is 22.4 Å². The minimum absolute atomic E-state index is 0.230. The highest BCUT2D eigenvalue weighted by molar-refractivity contribution is 6.12. The molecule has 26 heavy (non-hydrogen) atoms. The van der Waals surface area contributed by atoms with Gasteiger partial charge in [0, 0.05) is 11.1 Å². The number of furan rings is 1. The molecule has 0 aliphatic carbocycles. The van der Waals surface area contributed by atoms with Gasteiger partial charge in [-0.1, -0.05) is 24.3 Å². The lowest BCUT2D eigenvalue weighted by atomic mass is 10.1. The van der Waals surface area contributed by atoms with Gasteiger partial charge in [0.05, 0.1) is 11.1 Å². The normalized spacial score (nSPS) is 10.8. The number of fused-ring (bicyclic) bond motifs is 1. The van der Waals surface area contributed by atoms with Gasteiger partial charge in [0.25, 0.3) is 5.91 Å². The first-order valence-electron chi connectivity index (χ1n) is 8.32. The van der Waals surface area contributed by atoms with E-state index in [1.165, 1.54) is 0 Å². The molecule has 1 amide bonds. The van der Waals surface area contributed by atoms with Gasteiger partial charge in [0.15, 0.2) is 5.76 Å². The van der Waals surface area contributed by atoms with Crippen molar-refractivity contribution < 1.29 is 9.21 Å². The third kappa shape index (κ3) is 3.07. The van der Waals surface area contributed by atoms with E-state index in [1.807, 2.05) is 62.4 Å². The van der Waals surface area contributed by atoms with E-state index in [0.717, 1.165) is 22.4 Å². The Morgan fingerprint density at radius 2 is 1.81 bits per heavy atom. The number of carbonyl (C=O) groups excluding carboxylic acids is 1. The third-order valence-electron chi connectivity index (χ3n) is 4.08. The first-order valence-corrected chi connectivity index (χ1v) is 8.32. The molecule has 0 fully saturated rings. The highest BCUT2D eigenvalue weighted by Gasteiger charge is 2.16. The number of carbonyl (C=O) groups is 1. The molecule has 0 unspecified atom stereocenters. The van der Waals surface area contributed by atoms with Crippen LogP contribution in [0.5, 0.6) is 0 Å². The highest BCUT2D eigenvalue weighted by Crippen LogP contribution is 2.26. The van der Waals surface area contributed by atoms with Crippen LogP contribution >= 0.6 is 0 Å². The predicted octanol–water partition coefficient (Wildman–Crippen LogP) is 4.76. The van der Waals surface area contributed by atoms with Gasteiger partial charge in [0.1, 0.15) is 17.3 Å². The lowest BCUT2D eigenvalue weighted by Crippen LogP contribution is -2.14. The van der Waals surface area contributed by atoms with Crippen LogP contribution in [-0.4, -0.2) is 15.9 Å². The number of aryl methyl sites for hydroxylation is 2. The van der Waals surface area contributed by atoms with Gasteiger partial charge in [-0.3, -0.25) is 4.79 Å². The molecule has 4 rings (SSSR count). The zero-order chi connectivity index (χ0) is 18.1. The molecule has 3 aromatic heterocycles. The van der Waals surface area contributed by atoms with Crippen molar-refractivity contribution in [3.63, 3.8) is 0 Å². The molecule has 0 spiro atoms. The Balaban J connectivity index is 1.81. The van der Waals surface area contributed by atoms with Crippen LogP contribution in [-0.2, 0) is 0 Å². The van der Waals surface area contributed by atoms with Crippen molar-refractivity contribution in [2.75, 3.05) is 5.32 Å². The minimum Gasteiger partial charge on any atom is -0.460 e. The molecule has 1 aromatic carbocycles. The molecule has 0 radical (unpaired) electrons. The summed E-state index contributed by atoms with van der Waals surface area (Å²) in [7, 11) is 0. The van der Waals surface area contributed by atoms with Crippen LogP contribution in [0.4, 0.5) is 5.82 Å². The number of rotatable bonds is 3. The number of nitrogens with zero attached hydrogens (tertiary/aromatic N) is 2. The largest absolute Gasteiger partial charge is 0.460 e. The summed E-state index contributed by atoms with van der Waals surface area (Å²) in [6.45, 7) is 3.76. The van der Waals surface area contributed by atoms with Crippen molar-refractivity contribution in [1.82, 2.24) is 9.97 Å². The van der Waals surface area contributed by atoms with Crippen LogP contribution in [0.3, 0.4) is 0 Å². The molecule has 1 N–H and O–H groups in total. The molecule has 5 nitrogen and oxygen atoms in total. The molecule has 3 heterocycles. The van der Waals surface area contributed by atoms with Crippen LogP contribution in [0.2, 0.25) is 0 Å². The average molecular weight is 343 g/mol. The first kappa shape index (κ1) is 16.0. The van der Waals surface area contributed by atoms with Crippen LogP contribution in [0.1, 0.15) is 21.8 Å². The van der Waals surface area contributed by atoms with Crippen molar-refractivity contribution in [1.29, 1.82) is 0 Å². The first-order chi connectivity index (χ1) is 12.6. The van der Waals surface area contributed by atoms with Gasteiger partial charge in [0.2, 0.25) is 0 Å². The highest BCUT2D eigenvalue weighted by atomic mass is 16.3. The van der Waals surface area contributed by atoms with E-state index < -0.39 is 0 Å². The van der Waals surface area contributed by atoms with Crippen molar-refractivity contribution >= 4 is 22.6 Å². The molecule has 0 bridgehead atoms. The van der Waals surface area contributed by atoms with E-state index in [9.17, 15) is 4.79 Å². The molecule has 0 aliphatic rings. The lowest BCUT2D eigenvalue weighted by molar-refractivity contribution is 0.102. The molecule has 0 aliphatic heterocycles. The summed E-state index contributed by atoms with van der Waals surface area (Å²) in [5, 5.41) is 3.65. The Hall–Kier alpha value is -3.47. The topological polar surface area (TPSA) is 68.0 Å². The van der Waals surface area contributed by atoms with Gasteiger partial charge in [-0.25, -0.2) is 9.97 Å². The second-order valence-electron chi connectivity index (χ2n) is 6.10. The summed E-state index contributed by atoms with van der Waals surface area (Å²) in [4.78, 5) is 21.9. The summed E-state index contributed by atoms with van der Waals surface area (Å²) in [5.41, 5.74) is 2.73. The van der Waals surface area contributed by atoms with Crippen LogP contribution in [0, 0.1) is 13.8 Å². The fourth-order valence-corrected chi connectivity index (χ4v) is 2.86. The molecule has 128 valence electrons. The monoisotopic (exact) mass is 343 g/mol. The van der Waals surface area contributed by atoms with Gasteiger partial charge in [-0.05, 0) is 50.2 Å². The van der Waals surface area contributed by atoms with Gasteiger partial charge in [-0.15, -0.1) is 0 Å². The second kappa shape index (κ2) is 6.44. The number of benzene rings is 1. The number of nitrogens with one attached hydrogen (secondary N) is 1. The van der Waals surface area contributed by atoms with E-state index in [-0.39, 0.29) is 5.91 Å². The number of hydrogen-bond acceptors (Lipinski definition) is 4. The molecule has 0 saturated carbocycles. The number of para-hydroxylation sites is 1. The number of amides is 1. The molecule has 0 atom stereocenters. The maximum absolute atomic E-state index is 12.9. The summed E-state index contributed by atoms with van der Waals surface area (Å²) < 4.78 is 5.68. The Labute approximate surface area is 150 Å². The Morgan fingerprint density at radius 1 is 0.962 bits per heavy atom. The second-order valence-corrected chi connectivity index (χ2v) is 6.10. The van der Waals surface area contributed by atoms with E-state index in [4.69, 9.17) is 4.42 Å². The fraction of sp³-hybridized carbons (Fsp3) is 0.0952. The lowest BCUT2D eigenvalue weighted by Gasteiger charge is -2.09. The molecule has 0 saturated heterocycles. The predicted molar refractivity (Wildman–Crippen MR) is 101 cm³/mol. The minimum atomic E-state index is -0.230. The number of hydrogen-bond donors (Lipinski definition) is 1. The third-order valence-corrected chi connectivity index (χ3v) is 4.08. The van der Waals surface area contributed by atoms with Crippen molar-refractivity contribution in [3.05, 3.63) is 77.7 Å². The SMILES string of the molecule is Cc1cccc(NC(=O)c2cc(-c3ccc(C)o3)nc3ccccc23)n1. The summed E-state index contributed by atoms with van der Waals surface area (Å²) in [6.07, 6.45) is 0. The Kier molecular flexibility index (Phi) is 3.97. The van der Waals surface area contributed by atoms with Gasteiger partial charge >= 0.3 is 0 Å². The quantitative estimate of drug-likeness (QED) is 0.582. The van der Waals surface area contributed by atoms with E-state index in [2.05, 4.69) is 15.3 Å². The van der Waals surface area contributed by atoms with E-state index >= 15 is 0 Å². The summed E-state index contributed by atoms with van der Waals surface area (Å²) in [6, 6.07) is 18.6. The van der Waals surface area contributed by atoms with Crippen LogP contribution in [0.15, 0.2) is 65.1 Å². The molecule has 4 aromatic rings. The van der Waals surface area contributed by atoms with E-state index in [0.29, 0.717) is 22.8 Å². The fourth-order valence-electron chi connectivity index (χ4n) is 2.86. The van der Waals surface area contributed by atoms with Crippen molar-refractivity contribution in [2.45, 2.75) is 13.8 Å². The molecular weight excluding hydrogens is 326 g/mol. The maximum Gasteiger partial charge on any atom is 0.257 e. The van der Waals surface area contributed by atoms with Crippen LogP contribution < -0.4 is 5.32 Å². The molecular formula is C21H17N3O2. The standard InChI is InChI=1S/C21H17N3O2/c1-13-6-5-9-20(22-13)24-21(25)16-12-18(19-11-10-14(2)26-19)23-17-8-4-3-7-15(16)17/h3-12H,1-2H3,(H,22,24,25). The summed E-state index contributed by atoms with van der Waals surface area (Å²) in [5.74, 6) is 1.72.